The van der Waals surface area contributed by atoms with Gasteiger partial charge in [-0.2, -0.15) is 0 Å². The molecule has 2 aromatic rings. The van der Waals surface area contributed by atoms with E-state index in [2.05, 4.69) is 67.7 Å². The van der Waals surface area contributed by atoms with Crippen molar-refractivity contribution in [3.63, 3.8) is 0 Å². The van der Waals surface area contributed by atoms with Crippen molar-refractivity contribution < 1.29 is 4.74 Å². The Balaban J connectivity index is 1.89. The number of rotatable bonds is 6. The van der Waals surface area contributed by atoms with Crippen LogP contribution in [0.15, 0.2) is 54.6 Å². The molecule has 0 aliphatic carbocycles. The van der Waals surface area contributed by atoms with Crippen LogP contribution in [0.3, 0.4) is 0 Å². The molecule has 110 valence electrons. The molecule has 1 atom stereocenters. The molecule has 0 saturated carbocycles. The van der Waals surface area contributed by atoms with Gasteiger partial charge in [0.05, 0.1) is 7.11 Å². The molecule has 0 spiro atoms. The van der Waals surface area contributed by atoms with Crippen LogP contribution >= 0.6 is 0 Å². The minimum Gasteiger partial charge on any atom is -0.497 e. The summed E-state index contributed by atoms with van der Waals surface area (Å²) in [4.78, 5) is 0. The van der Waals surface area contributed by atoms with E-state index in [0.717, 1.165) is 12.3 Å². The number of hydrogen-bond donors (Lipinski definition) is 1. The van der Waals surface area contributed by atoms with Gasteiger partial charge in [-0.3, -0.25) is 0 Å². The first-order valence-corrected chi connectivity index (χ1v) is 7.30. The highest BCUT2D eigenvalue weighted by Crippen LogP contribution is 2.18. The van der Waals surface area contributed by atoms with Crippen molar-refractivity contribution in [3.05, 3.63) is 71.3 Å². The number of methoxy groups -OCH3 is 1. The third-order valence-corrected chi connectivity index (χ3v) is 3.62. The van der Waals surface area contributed by atoms with Gasteiger partial charge in [-0.05, 0) is 42.7 Å². The summed E-state index contributed by atoms with van der Waals surface area (Å²) in [7, 11) is 1.70. The predicted octanol–water partition coefficient (Wildman–Crippen LogP) is 4.37. The molecule has 2 aromatic carbocycles. The Morgan fingerprint density at radius 3 is 2.71 bits per heavy atom. The summed E-state index contributed by atoms with van der Waals surface area (Å²) in [5, 5.41) is 3.50. The molecule has 0 aromatic heterocycles. The number of hydrogen-bond acceptors (Lipinski definition) is 2. The first-order valence-electron chi connectivity index (χ1n) is 7.30. The molecule has 1 N–H and O–H groups in total. The molecule has 21 heavy (non-hydrogen) atoms. The third kappa shape index (κ3) is 4.47. The molecule has 2 nitrogen and oxygen atoms in total. The maximum atomic E-state index is 5.26. The molecule has 2 heteroatoms. The van der Waals surface area contributed by atoms with Crippen LogP contribution in [0.2, 0.25) is 0 Å². The quantitative estimate of drug-likeness (QED) is 0.849. The van der Waals surface area contributed by atoms with Crippen molar-refractivity contribution in [2.75, 3.05) is 13.7 Å². The summed E-state index contributed by atoms with van der Waals surface area (Å²) in [6.45, 7) is 5.13. The van der Waals surface area contributed by atoms with E-state index in [0.29, 0.717) is 6.04 Å². The zero-order valence-electron chi connectivity index (χ0n) is 13.0. The Morgan fingerprint density at radius 2 is 1.95 bits per heavy atom. The van der Waals surface area contributed by atoms with Crippen LogP contribution in [0.4, 0.5) is 0 Å². The molecule has 0 heterocycles. The minimum atomic E-state index is 0.293. The van der Waals surface area contributed by atoms with Crippen LogP contribution < -0.4 is 10.1 Å². The van der Waals surface area contributed by atoms with Crippen LogP contribution in [0.25, 0.3) is 6.08 Å². The second kappa shape index (κ2) is 7.65. The van der Waals surface area contributed by atoms with Gasteiger partial charge in [-0.1, -0.05) is 48.6 Å². The summed E-state index contributed by atoms with van der Waals surface area (Å²) in [5.41, 5.74) is 3.81. The van der Waals surface area contributed by atoms with Crippen LogP contribution in [0.5, 0.6) is 5.75 Å². The molecule has 0 fully saturated rings. The van der Waals surface area contributed by atoms with Crippen molar-refractivity contribution in [2.45, 2.75) is 19.9 Å². The van der Waals surface area contributed by atoms with Crippen molar-refractivity contribution >= 4 is 6.08 Å². The largest absolute Gasteiger partial charge is 0.497 e. The highest BCUT2D eigenvalue weighted by Gasteiger charge is 2.04. The monoisotopic (exact) mass is 281 g/mol. The first-order chi connectivity index (χ1) is 10.2. The predicted molar refractivity (Wildman–Crippen MR) is 89.6 cm³/mol. The van der Waals surface area contributed by atoms with Gasteiger partial charge in [0.2, 0.25) is 0 Å². The van der Waals surface area contributed by atoms with Gasteiger partial charge in [-0.25, -0.2) is 0 Å². The Labute approximate surface area is 127 Å². The molecule has 0 aliphatic heterocycles. The molecular formula is C19H23NO. The van der Waals surface area contributed by atoms with Crippen LogP contribution in [0, 0.1) is 6.92 Å². The van der Waals surface area contributed by atoms with E-state index < -0.39 is 0 Å². The fourth-order valence-electron chi connectivity index (χ4n) is 2.23. The molecule has 0 aliphatic rings. The Hall–Kier alpha value is -2.06. The number of benzene rings is 2. The fourth-order valence-corrected chi connectivity index (χ4v) is 2.23. The topological polar surface area (TPSA) is 21.3 Å². The molecule has 0 saturated heterocycles. The first kappa shape index (κ1) is 15.3. The summed E-state index contributed by atoms with van der Waals surface area (Å²) in [6, 6.07) is 16.9. The van der Waals surface area contributed by atoms with Gasteiger partial charge in [0.1, 0.15) is 5.75 Å². The van der Waals surface area contributed by atoms with Crippen molar-refractivity contribution in [1.29, 1.82) is 0 Å². The highest BCUT2D eigenvalue weighted by molar-refractivity contribution is 5.53. The van der Waals surface area contributed by atoms with E-state index in [9.17, 15) is 0 Å². The lowest BCUT2D eigenvalue weighted by Gasteiger charge is -2.13. The zero-order valence-corrected chi connectivity index (χ0v) is 13.0. The van der Waals surface area contributed by atoms with Crippen molar-refractivity contribution in [2.24, 2.45) is 0 Å². The minimum absolute atomic E-state index is 0.293. The average molecular weight is 281 g/mol. The van der Waals surface area contributed by atoms with Crippen LogP contribution in [-0.2, 0) is 0 Å². The normalized spacial score (nSPS) is 12.5. The molecule has 0 amide bonds. The number of nitrogens with one attached hydrogen (secondary N) is 1. The van der Waals surface area contributed by atoms with Gasteiger partial charge in [-0.15, -0.1) is 0 Å². The second-order valence-electron chi connectivity index (χ2n) is 5.17. The summed E-state index contributed by atoms with van der Waals surface area (Å²) >= 11 is 0. The van der Waals surface area contributed by atoms with E-state index >= 15 is 0 Å². The van der Waals surface area contributed by atoms with E-state index in [1.807, 2.05) is 12.1 Å². The van der Waals surface area contributed by atoms with Crippen LogP contribution in [0.1, 0.15) is 29.7 Å². The van der Waals surface area contributed by atoms with E-state index in [1.54, 1.807) is 7.11 Å². The van der Waals surface area contributed by atoms with Gasteiger partial charge in [0.25, 0.3) is 0 Å². The van der Waals surface area contributed by atoms with Gasteiger partial charge in [0.15, 0.2) is 0 Å². The summed E-state index contributed by atoms with van der Waals surface area (Å²) < 4.78 is 5.26. The zero-order chi connectivity index (χ0) is 15.1. The van der Waals surface area contributed by atoms with Crippen molar-refractivity contribution in [1.82, 2.24) is 5.32 Å². The Morgan fingerprint density at radius 1 is 1.14 bits per heavy atom. The highest BCUT2D eigenvalue weighted by atomic mass is 16.5. The van der Waals surface area contributed by atoms with Crippen LogP contribution in [-0.4, -0.2) is 13.7 Å². The smallest absolute Gasteiger partial charge is 0.119 e. The lowest BCUT2D eigenvalue weighted by molar-refractivity contribution is 0.413. The maximum Gasteiger partial charge on any atom is 0.119 e. The lowest BCUT2D eigenvalue weighted by Crippen LogP contribution is -2.18. The maximum absolute atomic E-state index is 5.26. The van der Waals surface area contributed by atoms with E-state index in [-0.39, 0.29) is 0 Å². The SMILES string of the molecule is COc1cccc([C@@H](C)NCC=Cc2ccccc2C)c1. The molecular weight excluding hydrogens is 258 g/mol. The third-order valence-electron chi connectivity index (χ3n) is 3.62. The fraction of sp³-hybridized carbons (Fsp3) is 0.263. The van der Waals surface area contributed by atoms with Crippen molar-refractivity contribution in [3.8, 4) is 5.75 Å². The Kier molecular flexibility index (Phi) is 5.59. The van der Waals surface area contributed by atoms with Gasteiger partial charge < -0.3 is 10.1 Å². The number of ether oxygens (including phenoxy) is 1. The molecule has 2 rings (SSSR count). The second-order valence-corrected chi connectivity index (χ2v) is 5.17. The summed E-state index contributed by atoms with van der Waals surface area (Å²) in [6.07, 6.45) is 4.33. The molecule has 0 unspecified atom stereocenters. The Bertz CT molecular complexity index is 604. The lowest BCUT2D eigenvalue weighted by atomic mass is 10.1. The van der Waals surface area contributed by atoms with E-state index in [4.69, 9.17) is 4.74 Å². The van der Waals surface area contributed by atoms with Gasteiger partial charge in [0, 0.05) is 12.6 Å². The van der Waals surface area contributed by atoms with E-state index in [1.165, 1.54) is 16.7 Å². The standard InChI is InChI=1S/C19H23NO/c1-15-8-4-5-9-17(15)11-7-13-20-16(2)18-10-6-12-19(14-18)21-3/h4-12,14,16,20H,13H2,1-3H3/t16-/m1/s1. The summed E-state index contributed by atoms with van der Waals surface area (Å²) in [5.74, 6) is 0.900. The average Bonchev–Trinajstić information content (AvgIpc) is 2.53. The molecule has 0 radical (unpaired) electrons. The molecule has 0 bridgehead atoms. The number of aryl methyl sites for hydroxylation is 1. The van der Waals surface area contributed by atoms with Gasteiger partial charge >= 0.3 is 0 Å².